The molecule has 0 saturated heterocycles. The van der Waals surface area contributed by atoms with Crippen LogP contribution in [0.1, 0.15) is 39.0 Å². The van der Waals surface area contributed by atoms with Crippen molar-refractivity contribution < 1.29 is 4.79 Å². The van der Waals surface area contributed by atoms with Gasteiger partial charge in [0.05, 0.1) is 11.3 Å². The molecule has 0 aliphatic carbocycles. The van der Waals surface area contributed by atoms with Gasteiger partial charge >= 0.3 is 0 Å². The molecule has 0 unspecified atom stereocenters. The normalized spacial score (nSPS) is 16.4. The van der Waals surface area contributed by atoms with Crippen molar-refractivity contribution in [2.75, 3.05) is 10.2 Å². The molecule has 1 aliphatic heterocycles. The SMILES string of the molecule is Cc1cccc(N2C(=O)c3ccccc3N[C@H]2c2c(C)nn(C)c2C)c1. The Bertz CT molecular complexity index is 1000. The number of nitrogens with one attached hydrogen (secondary N) is 1. The van der Waals surface area contributed by atoms with E-state index in [2.05, 4.69) is 10.4 Å². The molecule has 26 heavy (non-hydrogen) atoms. The zero-order valence-electron chi connectivity index (χ0n) is 15.4. The molecule has 5 heteroatoms. The minimum atomic E-state index is -0.298. The maximum absolute atomic E-state index is 13.4. The van der Waals surface area contributed by atoms with Crippen LogP contribution in [-0.2, 0) is 7.05 Å². The summed E-state index contributed by atoms with van der Waals surface area (Å²) in [4.78, 5) is 15.2. The van der Waals surface area contributed by atoms with Crippen molar-refractivity contribution in [1.82, 2.24) is 9.78 Å². The van der Waals surface area contributed by atoms with Crippen LogP contribution in [-0.4, -0.2) is 15.7 Å². The number of nitrogens with zero attached hydrogens (tertiary/aromatic N) is 3. The molecular formula is C21H22N4O. The molecule has 1 atom stereocenters. The first-order valence-corrected chi connectivity index (χ1v) is 8.73. The molecule has 132 valence electrons. The third kappa shape index (κ3) is 2.47. The van der Waals surface area contributed by atoms with Gasteiger partial charge in [0.25, 0.3) is 5.91 Å². The summed E-state index contributed by atoms with van der Waals surface area (Å²) >= 11 is 0. The lowest BCUT2D eigenvalue weighted by molar-refractivity contribution is 0.0975. The lowest BCUT2D eigenvalue weighted by Crippen LogP contribution is -2.43. The Kier molecular flexibility index (Phi) is 3.80. The van der Waals surface area contributed by atoms with Crippen LogP contribution >= 0.6 is 0 Å². The van der Waals surface area contributed by atoms with Crippen LogP contribution in [0.25, 0.3) is 0 Å². The van der Waals surface area contributed by atoms with Crippen molar-refractivity contribution >= 4 is 17.3 Å². The highest BCUT2D eigenvalue weighted by atomic mass is 16.2. The Morgan fingerprint density at radius 3 is 2.50 bits per heavy atom. The number of aromatic nitrogens is 2. The molecule has 0 fully saturated rings. The molecule has 2 heterocycles. The summed E-state index contributed by atoms with van der Waals surface area (Å²) in [6, 6.07) is 15.7. The predicted octanol–water partition coefficient (Wildman–Crippen LogP) is 4.12. The van der Waals surface area contributed by atoms with Crippen LogP contribution in [0.4, 0.5) is 11.4 Å². The molecule has 1 amide bonds. The van der Waals surface area contributed by atoms with E-state index in [1.807, 2.05) is 85.9 Å². The Hall–Kier alpha value is -3.08. The molecule has 4 rings (SSSR count). The van der Waals surface area contributed by atoms with Gasteiger partial charge < -0.3 is 5.32 Å². The first-order chi connectivity index (χ1) is 12.5. The van der Waals surface area contributed by atoms with Crippen molar-refractivity contribution in [3.63, 3.8) is 0 Å². The van der Waals surface area contributed by atoms with Crippen molar-refractivity contribution in [2.45, 2.75) is 26.9 Å². The fraction of sp³-hybridized carbons (Fsp3) is 0.238. The van der Waals surface area contributed by atoms with Crippen LogP contribution in [0.2, 0.25) is 0 Å². The van der Waals surface area contributed by atoms with Crippen molar-refractivity contribution in [1.29, 1.82) is 0 Å². The molecule has 1 aliphatic rings. The summed E-state index contributed by atoms with van der Waals surface area (Å²) in [5.41, 5.74) is 6.55. The highest BCUT2D eigenvalue weighted by molar-refractivity contribution is 6.12. The van der Waals surface area contributed by atoms with Gasteiger partial charge in [0.2, 0.25) is 0 Å². The number of rotatable bonds is 2. The van der Waals surface area contributed by atoms with E-state index in [4.69, 9.17) is 0 Å². The zero-order chi connectivity index (χ0) is 18.4. The van der Waals surface area contributed by atoms with E-state index in [-0.39, 0.29) is 12.1 Å². The van der Waals surface area contributed by atoms with Crippen LogP contribution in [0.15, 0.2) is 48.5 Å². The van der Waals surface area contributed by atoms with Crippen molar-refractivity contribution in [3.05, 3.63) is 76.6 Å². The molecule has 1 N–H and O–H groups in total. The second-order valence-corrected chi connectivity index (χ2v) is 6.81. The largest absolute Gasteiger partial charge is 0.360 e. The Morgan fingerprint density at radius 2 is 1.81 bits per heavy atom. The van der Waals surface area contributed by atoms with E-state index in [0.717, 1.165) is 33.9 Å². The molecule has 0 spiro atoms. The quantitative estimate of drug-likeness (QED) is 0.759. The van der Waals surface area contributed by atoms with E-state index in [0.29, 0.717) is 5.56 Å². The number of anilines is 2. The lowest BCUT2D eigenvalue weighted by atomic mass is 10.0. The number of benzene rings is 2. The van der Waals surface area contributed by atoms with Gasteiger partial charge in [0, 0.05) is 29.7 Å². The Balaban J connectivity index is 1.93. The summed E-state index contributed by atoms with van der Waals surface area (Å²) in [5.74, 6) is -0.00222. The topological polar surface area (TPSA) is 50.2 Å². The standard InChI is InChI=1S/C21H22N4O/c1-13-8-7-9-16(12-13)25-20(19-14(2)23-24(4)15(19)3)22-18-11-6-5-10-17(18)21(25)26/h5-12,20,22H,1-4H3/t20-/m1/s1. The average Bonchev–Trinajstić information content (AvgIpc) is 2.87. The number of carbonyl (C=O) groups is 1. The fourth-order valence-corrected chi connectivity index (χ4v) is 3.69. The van der Waals surface area contributed by atoms with Gasteiger partial charge in [-0.25, -0.2) is 0 Å². The smallest absolute Gasteiger partial charge is 0.262 e. The maximum atomic E-state index is 13.4. The number of aryl methyl sites for hydroxylation is 3. The third-order valence-electron chi connectivity index (χ3n) is 5.04. The number of para-hydroxylation sites is 1. The van der Waals surface area contributed by atoms with Crippen LogP contribution in [0.3, 0.4) is 0 Å². The second kappa shape index (κ2) is 6.02. The Labute approximate surface area is 153 Å². The van der Waals surface area contributed by atoms with Gasteiger partial charge in [0.1, 0.15) is 6.17 Å². The zero-order valence-corrected chi connectivity index (χ0v) is 15.4. The number of fused-ring (bicyclic) bond motifs is 1. The maximum Gasteiger partial charge on any atom is 0.262 e. The average molecular weight is 346 g/mol. The second-order valence-electron chi connectivity index (χ2n) is 6.81. The first-order valence-electron chi connectivity index (χ1n) is 8.73. The van der Waals surface area contributed by atoms with Gasteiger partial charge in [0.15, 0.2) is 0 Å². The van der Waals surface area contributed by atoms with E-state index in [1.54, 1.807) is 0 Å². The molecule has 0 bridgehead atoms. The van der Waals surface area contributed by atoms with Gasteiger partial charge in [-0.3, -0.25) is 14.4 Å². The van der Waals surface area contributed by atoms with Crippen LogP contribution < -0.4 is 10.2 Å². The third-order valence-corrected chi connectivity index (χ3v) is 5.04. The van der Waals surface area contributed by atoms with Crippen LogP contribution in [0.5, 0.6) is 0 Å². The number of carbonyl (C=O) groups excluding carboxylic acids is 1. The Morgan fingerprint density at radius 1 is 1.04 bits per heavy atom. The minimum Gasteiger partial charge on any atom is -0.360 e. The molecular weight excluding hydrogens is 324 g/mol. The van der Waals surface area contributed by atoms with E-state index < -0.39 is 0 Å². The summed E-state index contributed by atoms with van der Waals surface area (Å²) in [6.45, 7) is 6.06. The number of hydrogen-bond acceptors (Lipinski definition) is 3. The highest BCUT2D eigenvalue weighted by Crippen LogP contribution is 2.38. The van der Waals surface area contributed by atoms with Gasteiger partial charge in [-0.1, -0.05) is 24.3 Å². The number of amides is 1. The minimum absolute atomic E-state index is 0.00222. The summed E-state index contributed by atoms with van der Waals surface area (Å²) in [6.07, 6.45) is -0.298. The number of hydrogen-bond donors (Lipinski definition) is 1. The summed E-state index contributed by atoms with van der Waals surface area (Å²) < 4.78 is 1.87. The monoisotopic (exact) mass is 346 g/mol. The molecule has 0 saturated carbocycles. The summed E-state index contributed by atoms with van der Waals surface area (Å²) in [5, 5.41) is 8.11. The van der Waals surface area contributed by atoms with Crippen molar-refractivity contribution in [3.8, 4) is 0 Å². The van der Waals surface area contributed by atoms with Gasteiger partial charge in [-0.2, -0.15) is 5.10 Å². The van der Waals surface area contributed by atoms with Crippen LogP contribution in [0, 0.1) is 20.8 Å². The van der Waals surface area contributed by atoms with E-state index in [9.17, 15) is 4.79 Å². The molecule has 1 aromatic heterocycles. The van der Waals surface area contributed by atoms with E-state index >= 15 is 0 Å². The van der Waals surface area contributed by atoms with Gasteiger partial charge in [-0.05, 0) is 50.6 Å². The molecule has 3 aromatic rings. The fourth-order valence-electron chi connectivity index (χ4n) is 3.69. The first kappa shape index (κ1) is 16.4. The van der Waals surface area contributed by atoms with Crippen molar-refractivity contribution in [2.24, 2.45) is 7.05 Å². The van der Waals surface area contributed by atoms with E-state index in [1.165, 1.54) is 0 Å². The van der Waals surface area contributed by atoms with Gasteiger partial charge in [-0.15, -0.1) is 0 Å². The lowest BCUT2D eigenvalue weighted by Gasteiger charge is -2.38. The molecule has 2 aromatic carbocycles. The molecule has 5 nitrogen and oxygen atoms in total. The summed E-state index contributed by atoms with van der Waals surface area (Å²) in [7, 11) is 1.93. The molecule has 0 radical (unpaired) electrons. The highest BCUT2D eigenvalue weighted by Gasteiger charge is 2.36. The predicted molar refractivity (Wildman–Crippen MR) is 103 cm³/mol.